The van der Waals surface area contributed by atoms with Crippen molar-refractivity contribution in [3.63, 3.8) is 0 Å². The number of nitrogens with zero attached hydrogens (tertiary/aromatic N) is 3. The molecule has 0 atom stereocenters. The first-order valence-corrected chi connectivity index (χ1v) is 7.76. The predicted octanol–water partition coefficient (Wildman–Crippen LogP) is 3.47. The minimum atomic E-state index is -5.99. The number of hydrogen-bond donors (Lipinski definition) is 0. The molecular weight excluding hydrogens is 332 g/mol. The van der Waals surface area contributed by atoms with Crippen molar-refractivity contribution in [3.8, 4) is 11.9 Å². The van der Waals surface area contributed by atoms with Crippen molar-refractivity contribution in [2.45, 2.75) is 44.6 Å². The summed E-state index contributed by atoms with van der Waals surface area (Å²) in [5.41, 5.74) is 0. The van der Waals surface area contributed by atoms with Crippen LogP contribution >= 0.6 is 0 Å². The number of halogens is 5. The van der Waals surface area contributed by atoms with E-state index in [9.17, 15) is 22.0 Å². The summed E-state index contributed by atoms with van der Waals surface area (Å²) in [4.78, 5) is 0. The van der Waals surface area contributed by atoms with Gasteiger partial charge in [0.05, 0.1) is 26.7 Å². The minimum Gasteiger partial charge on any atom is -0.567 e. The molecule has 0 unspecified atom stereocenters. The lowest BCUT2D eigenvalue weighted by Crippen LogP contribution is -2.61. The van der Waals surface area contributed by atoms with Gasteiger partial charge in [-0.3, -0.25) is 0 Å². The first-order valence-electron chi connectivity index (χ1n) is 7.76. The first kappa shape index (κ1) is 22.6. The molecule has 0 aromatic heterocycles. The molecule has 0 radical (unpaired) electrons. The molecule has 0 amide bonds. The van der Waals surface area contributed by atoms with Gasteiger partial charge < -0.3 is 9.14 Å². The second-order valence-electron chi connectivity index (χ2n) is 6.25. The number of hydrogen-bond acceptors (Lipinski definition) is 3. The van der Waals surface area contributed by atoms with E-state index in [1.165, 1.54) is 49.8 Å². The molecule has 1 aliphatic heterocycles. The molecule has 0 aromatic carbocycles. The summed E-state index contributed by atoms with van der Waals surface area (Å²) in [5.74, 6) is -4.34. The number of quaternary nitrogens is 1. The van der Waals surface area contributed by atoms with Gasteiger partial charge in [-0.05, 0) is 13.5 Å². The smallest absolute Gasteiger partial charge is 0.422 e. The number of likely N-dealkylation sites (tertiary alicyclic amines) is 1. The summed E-state index contributed by atoms with van der Waals surface area (Å²) in [6.45, 7) is 6.55. The normalized spacial score (nSPS) is 17.4. The Morgan fingerprint density at radius 1 is 1.08 bits per heavy atom. The third-order valence-electron chi connectivity index (χ3n) is 4.30. The second kappa shape index (κ2) is 8.64. The van der Waals surface area contributed by atoms with Crippen molar-refractivity contribution in [1.82, 2.24) is 0 Å². The van der Waals surface area contributed by atoms with Crippen molar-refractivity contribution in [2.75, 3.05) is 33.8 Å². The highest BCUT2D eigenvalue weighted by atomic mass is 19.4. The van der Waals surface area contributed by atoms with Crippen LogP contribution in [0.15, 0.2) is 0 Å². The number of alkyl halides is 5. The Hall–Kier alpha value is -1.39. The van der Waals surface area contributed by atoms with Crippen LogP contribution in [0.1, 0.15) is 32.6 Å². The standard InChI is InChI=1S/C9H20N.C5H3BF5N2O/c1-3-4-7-10(2)8-5-6-9-10;1-14-6(2-12,3-13)4(7,8)5(9,10)11/h3-9H2,1-2H3;1H3/q+1;-1. The second-order valence-corrected chi connectivity index (χ2v) is 6.25. The van der Waals surface area contributed by atoms with Crippen LogP contribution in [-0.4, -0.2) is 56.6 Å². The van der Waals surface area contributed by atoms with Gasteiger partial charge in [0.1, 0.15) is 0 Å². The van der Waals surface area contributed by atoms with Gasteiger partial charge in [-0.15, -0.1) is 0 Å². The van der Waals surface area contributed by atoms with Gasteiger partial charge in [-0.25, -0.2) is 19.3 Å². The van der Waals surface area contributed by atoms with E-state index in [1.807, 2.05) is 0 Å². The number of nitriles is 2. The van der Waals surface area contributed by atoms with E-state index in [4.69, 9.17) is 10.5 Å². The van der Waals surface area contributed by atoms with Gasteiger partial charge in [-0.1, -0.05) is 25.3 Å². The average Bonchev–Trinajstić information content (AvgIpc) is 2.94. The van der Waals surface area contributed by atoms with Crippen LogP contribution in [0, 0.1) is 22.5 Å². The van der Waals surface area contributed by atoms with Crippen molar-refractivity contribution in [2.24, 2.45) is 0 Å². The topological polar surface area (TPSA) is 56.8 Å². The largest absolute Gasteiger partial charge is 0.567 e. The lowest BCUT2D eigenvalue weighted by molar-refractivity contribution is -0.897. The monoisotopic (exact) mass is 355 g/mol. The number of unbranched alkanes of at least 4 members (excludes halogenated alkanes) is 1. The van der Waals surface area contributed by atoms with Crippen LogP contribution in [0.2, 0.25) is 0 Å². The van der Waals surface area contributed by atoms with E-state index >= 15 is 0 Å². The maximum absolute atomic E-state index is 12.6. The number of rotatable bonds is 5. The zero-order valence-electron chi connectivity index (χ0n) is 14.2. The van der Waals surface area contributed by atoms with Gasteiger partial charge in [-0.2, -0.15) is 13.2 Å². The van der Waals surface area contributed by atoms with Crippen molar-refractivity contribution < 1.29 is 31.1 Å². The molecule has 0 bridgehead atoms. The minimum absolute atomic E-state index is 0.450. The molecule has 4 nitrogen and oxygen atoms in total. The Kier molecular flexibility index (Phi) is 8.14. The predicted molar refractivity (Wildman–Crippen MR) is 79.9 cm³/mol. The molecule has 1 saturated heterocycles. The molecule has 1 aliphatic rings. The highest BCUT2D eigenvalue weighted by Crippen LogP contribution is 2.41. The molecule has 24 heavy (non-hydrogen) atoms. The summed E-state index contributed by atoms with van der Waals surface area (Å²) >= 11 is 0. The average molecular weight is 355 g/mol. The van der Waals surface area contributed by atoms with Gasteiger partial charge in [0.2, 0.25) is 0 Å². The Morgan fingerprint density at radius 3 is 1.79 bits per heavy atom. The molecule has 0 saturated carbocycles. The third-order valence-corrected chi connectivity index (χ3v) is 4.30. The molecule has 0 spiro atoms. The van der Waals surface area contributed by atoms with E-state index in [0.717, 1.165) is 0 Å². The highest BCUT2D eigenvalue weighted by Gasteiger charge is 2.67. The molecule has 0 aromatic rings. The molecular formula is C14H23BF5N3O. The molecule has 1 fully saturated rings. The lowest BCUT2D eigenvalue weighted by Gasteiger charge is -2.35. The summed E-state index contributed by atoms with van der Waals surface area (Å²) in [5, 5.41) is 16.3. The first-order chi connectivity index (χ1) is 10.9. The van der Waals surface area contributed by atoms with Crippen molar-refractivity contribution in [3.05, 3.63) is 0 Å². The van der Waals surface area contributed by atoms with Crippen LogP contribution < -0.4 is 0 Å². The van der Waals surface area contributed by atoms with Crippen LogP contribution in [0.5, 0.6) is 0 Å². The molecule has 138 valence electrons. The van der Waals surface area contributed by atoms with E-state index in [0.29, 0.717) is 19.0 Å². The van der Waals surface area contributed by atoms with Crippen LogP contribution in [0.4, 0.5) is 22.0 Å². The Labute approximate surface area is 139 Å². The summed E-state index contributed by atoms with van der Waals surface area (Å²) in [7, 11) is 2.86. The Bertz CT molecular complexity index is 464. The van der Waals surface area contributed by atoms with Gasteiger partial charge in [0, 0.05) is 12.8 Å². The van der Waals surface area contributed by atoms with Crippen LogP contribution in [-0.2, 0) is 4.65 Å². The van der Waals surface area contributed by atoms with E-state index in [1.54, 1.807) is 0 Å². The summed E-state index contributed by atoms with van der Waals surface area (Å²) in [6, 6.07) is 0. The molecule has 0 aliphatic carbocycles. The Balaban J connectivity index is 0.000000463. The third kappa shape index (κ3) is 5.05. The van der Waals surface area contributed by atoms with Gasteiger partial charge >= 0.3 is 12.5 Å². The fourth-order valence-corrected chi connectivity index (χ4v) is 2.54. The van der Waals surface area contributed by atoms with Crippen molar-refractivity contribution in [1.29, 1.82) is 10.5 Å². The zero-order chi connectivity index (χ0) is 19.1. The lowest BCUT2D eigenvalue weighted by atomic mass is 9.37. The van der Waals surface area contributed by atoms with E-state index in [-0.39, 0.29) is 0 Å². The van der Waals surface area contributed by atoms with E-state index < -0.39 is 18.3 Å². The molecule has 1 rings (SSSR count). The van der Waals surface area contributed by atoms with Crippen molar-refractivity contribution >= 4 is 6.35 Å². The highest BCUT2D eigenvalue weighted by molar-refractivity contribution is 6.90. The SMILES string of the molecule is CCCC[N+]1(C)CCCC1.CO[B-](C#N)(C#N)C(F)(F)C(F)(F)F. The maximum atomic E-state index is 12.6. The zero-order valence-corrected chi connectivity index (χ0v) is 14.2. The summed E-state index contributed by atoms with van der Waals surface area (Å²) < 4.78 is 65.5. The molecule has 1 heterocycles. The van der Waals surface area contributed by atoms with Crippen LogP contribution in [0.25, 0.3) is 0 Å². The van der Waals surface area contributed by atoms with Gasteiger partial charge in [0.25, 0.3) is 5.82 Å². The molecule has 0 N–H and O–H groups in total. The maximum Gasteiger partial charge on any atom is 0.422 e. The van der Waals surface area contributed by atoms with Gasteiger partial charge in [0.15, 0.2) is 0 Å². The summed E-state index contributed by atoms with van der Waals surface area (Å²) in [6.07, 6.45) is -4.86. The fourth-order valence-electron chi connectivity index (χ4n) is 2.54. The quantitative estimate of drug-likeness (QED) is 0.431. The fraction of sp³-hybridized carbons (Fsp3) is 0.857. The Morgan fingerprint density at radius 2 is 1.54 bits per heavy atom. The van der Waals surface area contributed by atoms with Crippen LogP contribution in [0.3, 0.4) is 0 Å². The van der Waals surface area contributed by atoms with E-state index in [2.05, 4.69) is 18.6 Å². The molecule has 10 heteroatoms.